The van der Waals surface area contributed by atoms with E-state index in [1.54, 1.807) is 0 Å². The van der Waals surface area contributed by atoms with Crippen LogP contribution in [0.2, 0.25) is 5.02 Å². The average molecular weight is 487 g/mol. The van der Waals surface area contributed by atoms with Crippen LogP contribution < -0.4 is 0 Å². The fourth-order valence-electron chi connectivity index (χ4n) is 2.37. The number of rotatable bonds is 6. The predicted molar refractivity (Wildman–Crippen MR) is 106 cm³/mol. The monoisotopic (exact) mass is 486 g/mol. The van der Waals surface area contributed by atoms with E-state index in [0.717, 1.165) is 23.3 Å². The van der Waals surface area contributed by atoms with Gasteiger partial charge in [-0.05, 0) is 0 Å². The number of allylic oxidation sites excluding steroid dienone is 2. The summed E-state index contributed by atoms with van der Waals surface area (Å²) in [4.78, 5) is 0. The van der Waals surface area contributed by atoms with Gasteiger partial charge in [0.15, 0.2) is 0 Å². The molecule has 0 aliphatic heterocycles. The third kappa shape index (κ3) is 5.71. The number of halogens is 3. The minimum atomic E-state index is -1.95. The standard InChI is InChI=1S/C19H21ClNO.2ClH.Ru/c1-14(2)22(5)19-9-7-6-8-18(19)21(4)13-16-10-11-17(20)12-15(16)3;;;/h3,6-12,14H,4-5,13H2,1-2H3;2*1H;/q-1;;;+2/p-2. The van der Waals surface area contributed by atoms with Crippen molar-refractivity contribution < 1.29 is 22.5 Å². The number of hydrogen-bond acceptors (Lipinski definition) is 0. The molecule has 0 fully saturated rings. The molecule has 2 rings (SSSR count). The molecule has 1 aromatic carbocycles. The van der Waals surface area contributed by atoms with Crippen LogP contribution in [0.15, 0.2) is 42.5 Å². The summed E-state index contributed by atoms with van der Waals surface area (Å²) in [5, 5.41) is 0.661. The topological polar surface area (TPSA) is 5.71 Å². The van der Waals surface area contributed by atoms with E-state index in [4.69, 9.17) is 31.0 Å². The molecular formula is C19H21Cl3NORu-. The molecule has 6 heteroatoms. The van der Waals surface area contributed by atoms with Gasteiger partial charge in [-0.1, -0.05) is 0 Å². The first-order valence-corrected chi connectivity index (χ1v) is 13.5. The van der Waals surface area contributed by atoms with Crippen LogP contribution in [-0.4, -0.2) is 22.0 Å². The van der Waals surface area contributed by atoms with Crippen LogP contribution in [0.25, 0.3) is 0 Å². The Bertz CT molecular complexity index is 723. The number of nitrogens with zero attached hydrogens (tertiary/aromatic N) is 1. The van der Waals surface area contributed by atoms with Crippen molar-refractivity contribution >= 4 is 42.3 Å². The number of benzene rings is 1. The van der Waals surface area contributed by atoms with Crippen LogP contribution in [0.5, 0.6) is 0 Å². The van der Waals surface area contributed by atoms with Crippen molar-refractivity contribution in [3.8, 4) is 0 Å². The van der Waals surface area contributed by atoms with Crippen molar-refractivity contribution in [2.75, 3.05) is 0 Å². The summed E-state index contributed by atoms with van der Waals surface area (Å²) in [6, 6.07) is 6.71. The summed E-state index contributed by atoms with van der Waals surface area (Å²) in [7, 11) is 16.2. The van der Waals surface area contributed by atoms with Gasteiger partial charge in [0, 0.05) is 0 Å². The van der Waals surface area contributed by atoms with Gasteiger partial charge >= 0.3 is 169 Å². The predicted octanol–water partition coefficient (Wildman–Crippen LogP) is 5.57. The fourth-order valence-corrected chi connectivity index (χ4v) is 4.41. The molecule has 0 N–H and O–H groups in total. The Morgan fingerprint density at radius 1 is 1.32 bits per heavy atom. The summed E-state index contributed by atoms with van der Waals surface area (Å²) in [5.74, 6) is 0. The van der Waals surface area contributed by atoms with Gasteiger partial charge < -0.3 is 0 Å². The molecule has 0 aromatic heterocycles. The summed E-state index contributed by atoms with van der Waals surface area (Å²) in [6.45, 7) is 8.95. The molecule has 0 saturated carbocycles. The zero-order valence-corrected chi connectivity index (χ0v) is 18.2. The van der Waals surface area contributed by atoms with Gasteiger partial charge in [-0.25, -0.2) is 0 Å². The Kier molecular flexibility index (Phi) is 7.79. The fraction of sp³-hybridized carbons (Fsp3) is 0.211. The van der Waals surface area contributed by atoms with Gasteiger partial charge in [-0.3, -0.25) is 0 Å². The van der Waals surface area contributed by atoms with Gasteiger partial charge in [-0.2, -0.15) is 0 Å². The molecular weight excluding hydrogens is 466 g/mol. The molecule has 0 amide bonds. The SMILES string of the molecule is C=[N+](Cc1ccc(Cl)cc1[CH]=[Ru]([Cl])[Cl])[C-]1C=CC=C[C-]1[O+]([CH2-])C(C)C. The molecule has 0 heterocycles. The molecule has 0 radical (unpaired) electrons. The second-order valence-corrected chi connectivity index (χ2v) is 12.0. The van der Waals surface area contributed by atoms with E-state index in [1.165, 1.54) is 0 Å². The van der Waals surface area contributed by atoms with Gasteiger partial charge in [0.2, 0.25) is 0 Å². The molecule has 138 valence electrons. The van der Waals surface area contributed by atoms with Crippen LogP contribution in [0, 0.1) is 19.3 Å². The molecule has 25 heavy (non-hydrogen) atoms. The molecule has 0 saturated heterocycles. The molecule has 1 aliphatic carbocycles. The third-order valence-electron chi connectivity index (χ3n) is 3.71. The minimum absolute atomic E-state index is 0.202. The Morgan fingerprint density at radius 3 is 2.64 bits per heavy atom. The molecule has 0 bridgehead atoms. The second-order valence-electron chi connectivity index (χ2n) is 5.79. The molecule has 0 unspecified atom stereocenters. The molecule has 2 nitrogen and oxygen atoms in total. The average Bonchev–Trinajstić information content (AvgIpc) is 2.56. The summed E-state index contributed by atoms with van der Waals surface area (Å²) >= 11 is 4.17. The van der Waals surface area contributed by atoms with Crippen molar-refractivity contribution in [2.45, 2.75) is 26.5 Å². The van der Waals surface area contributed by atoms with E-state index >= 15 is 0 Å². The first-order valence-electron chi connectivity index (χ1n) is 7.61. The van der Waals surface area contributed by atoms with Crippen LogP contribution in [0.1, 0.15) is 25.0 Å². The summed E-state index contributed by atoms with van der Waals surface area (Å²) in [6.07, 6.45) is 9.17. The van der Waals surface area contributed by atoms with E-state index in [-0.39, 0.29) is 6.10 Å². The maximum atomic E-state index is 6.12. The van der Waals surface area contributed by atoms with E-state index in [1.807, 2.05) is 51.7 Å². The van der Waals surface area contributed by atoms with Gasteiger partial charge in [0.05, 0.1) is 0 Å². The Hall–Kier alpha value is -0.567. The van der Waals surface area contributed by atoms with E-state index < -0.39 is 13.5 Å². The molecule has 0 spiro atoms. The van der Waals surface area contributed by atoms with Crippen molar-refractivity contribution in [1.29, 1.82) is 0 Å². The van der Waals surface area contributed by atoms with Gasteiger partial charge in [0.25, 0.3) is 0 Å². The summed E-state index contributed by atoms with van der Waals surface area (Å²) in [5.41, 5.74) is 2.03. The summed E-state index contributed by atoms with van der Waals surface area (Å²) < 4.78 is 6.72. The second kappa shape index (κ2) is 9.39. The Labute approximate surface area is 168 Å². The van der Waals surface area contributed by atoms with Crippen molar-refractivity contribution in [3.63, 3.8) is 0 Å². The Morgan fingerprint density at radius 2 is 2.00 bits per heavy atom. The maximum absolute atomic E-state index is 6.12. The zero-order valence-electron chi connectivity index (χ0n) is 14.2. The van der Waals surface area contributed by atoms with Crippen LogP contribution in [-0.2, 0) is 24.4 Å². The van der Waals surface area contributed by atoms with Crippen molar-refractivity contribution in [2.24, 2.45) is 0 Å². The van der Waals surface area contributed by atoms with Crippen LogP contribution in [0.4, 0.5) is 0 Å². The van der Waals surface area contributed by atoms with E-state index in [2.05, 4.69) is 32.0 Å². The quantitative estimate of drug-likeness (QED) is 0.163. The molecule has 1 aromatic rings. The number of hydrogen-bond donors (Lipinski definition) is 0. The van der Waals surface area contributed by atoms with E-state index in [0.29, 0.717) is 11.6 Å². The van der Waals surface area contributed by atoms with Crippen molar-refractivity contribution in [3.05, 3.63) is 77.9 Å². The van der Waals surface area contributed by atoms with Crippen LogP contribution in [0.3, 0.4) is 0 Å². The molecule has 1 aliphatic rings. The third-order valence-corrected chi connectivity index (χ3v) is 5.78. The zero-order chi connectivity index (χ0) is 18.6. The van der Waals surface area contributed by atoms with Gasteiger partial charge in [-0.15, -0.1) is 0 Å². The molecule has 0 atom stereocenters. The van der Waals surface area contributed by atoms with Crippen LogP contribution >= 0.6 is 31.0 Å². The normalized spacial score (nSPS) is 14.5. The first kappa shape index (κ1) is 20.7. The van der Waals surface area contributed by atoms with E-state index in [9.17, 15) is 0 Å². The Balaban J connectivity index is 2.25. The van der Waals surface area contributed by atoms with Gasteiger partial charge in [0.1, 0.15) is 0 Å². The first-order chi connectivity index (χ1) is 11.8. The van der Waals surface area contributed by atoms with Crippen molar-refractivity contribution in [1.82, 2.24) is 0 Å².